The van der Waals surface area contributed by atoms with Gasteiger partial charge in [0.25, 0.3) is 0 Å². The predicted octanol–water partition coefficient (Wildman–Crippen LogP) is 1.80. The van der Waals surface area contributed by atoms with Gasteiger partial charge in [-0.25, -0.2) is 8.42 Å². The molecule has 1 saturated heterocycles. The summed E-state index contributed by atoms with van der Waals surface area (Å²) in [5, 5.41) is 9.39. The first kappa shape index (κ1) is 20.5. The Morgan fingerprint density at radius 2 is 1.61 bits per heavy atom. The zero-order valence-corrected chi connectivity index (χ0v) is 17.0. The van der Waals surface area contributed by atoms with Gasteiger partial charge < -0.3 is 10.0 Å². The Balaban J connectivity index is 1.70. The highest BCUT2D eigenvalue weighted by atomic mass is 32.2. The predicted molar refractivity (Wildman–Crippen MR) is 104 cm³/mol. The number of sulfonamides is 1. The van der Waals surface area contributed by atoms with Gasteiger partial charge in [0.1, 0.15) is 0 Å². The minimum absolute atomic E-state index is 0.194. The van der Waals surface area contributed by atoms with E-state index in [-0.39, 0.29) is 32.1 Å². The number of nitrogens with zero attached hydrogens (tertiary/aromatic N) is 2. The summed E-state index contributed by atoms with van der Waals surface area (Å²) in [5.74, 6) is -2.45. The molecule has 3 rings (SSSR count). The van der Waals surface area contributed by atoms with Crippen LogP contribution < -0.4 is 0 Å². The number of piperazine rings is 1. The maximum atomic E-state index is 13.0. The van der Waals surface area contributed by atoms with Gasteiger partial charge in [0, 0.05) is 26.2 Å². The summed E-state index contributed by atoms with van der Waals surface area (Å²) in [4.78, 5) is 26.2. The summed E-state index contributed by atoms with van der Waals surface area (Å²) in [6.45, 7) is 4.59. The van der Waals surface area contributed by atoms with Crippen LogP contribution in [0.15, 0.2) is 35.2 Å². The van der Waals surface area contributed by atoms with E-state index in [0.717, 1.165) is 5.56 Å². The van der Waals surface area contributed by atoms with Gasteiger partial charge in [-0.2, -0.15) is 4.31 Å². The highest BCUT2D eigenvalue weighted by Crippen LogP contribution is 2.29. The molecule has 1 N–H and O–H groups in total. The average molecular weight is 407 g/mol. The summed E-state index contributed by atoms with van der Waals surface area (Å²) >= 11 is 0. The van der Waals surface area contributed by atoms with Crippen molar-refractivity contribution >= 4 is 21.9 Å². The number of carboxylic acids is 1. The van der Waals surface area contributed by atoms with E-state index in [4.69, 9.17) is 0 Å². The molecule has 0 spiro atoms. The van der Waals surface area contributed by atoms with Crippen molar-refractivity contribution in [3.63, 3.8) is 0 Å². The van der Waals surface area contributed by atoms with Crippen LogP contribution in [-0.4, -0.2) is 60.8 Å². The van der Waals surface area contributed by atoms with E-state index in [1.165, 1.54) is 4.31 Å². The topological polar surface area (TPSA) is 95.0 Å². The van der Waals surface area contributed by atoms with Crippen LogP contribution in [0.4, 0.5) is 0 Å². The molecule has 7 nitrogen and oxygen atoms in total. The molecule has 28 heavy (non-hydrogen) atoms. The van der Waals surface area contributed by atoms with Crippen molar-refractivity contribution < 1.29 is 23.1 Å². The Hall–Kier alpha value is -2.19. The molecule has 0 aromatic heterocycles. The summed E-state index contributed by atoms with van der Waals surface area (Å²) in [7, 11) is -3.62. The monoisotopic (exact) mass is 406 g/mol. The number of carboxylic acid groups (broad SMARTS) is 1. The molecule has 1 aromatic carbocycles. The SMILES string of the molecule is Cc1ccc(C)c(S(=O)(=O)N2CCN(C(=O)[C@@H]3CC=CC[C@H]3C(=O)O)CC2)c1. The lowest BCUT2D eigenvalue weighted by Gasteiger charge is -2.37. The Kier molecular flexibility index (Phi) is 5.90. The Morgan fingerprint density at radius 1 is 1.00 bits per heavy atom. The molecule has 0 radical (unpaired) electrons. The molecule has 0 saturated carbocycles. The number of benzene rings is 1. The molecule has 1 amide bonds. The fourth-order valence-corrected chi connectivity index (χ4v) is 5.60. The van der Waals surface area contributed by atoms with E-state index in [1.807, 2.05) is 19.1 Å². The van der Waals surface area contributed by atoms with Crippen LogP contribution in [0.2, 0.25) is 0 Å². The fourth-order valence-electron chi connectivity index (χ4n) is 3.87. The van der Waals surface area contributed by atoms with Gasteiger partial charge in [-0.3, -0.25) is 9.59 Å². The highest BCUT2D eigenvalue weighted by Gasteiger charge is 2.38. The molecule has 1 aromatic rings. The normalized spacial score (nSPS) is 23.6. The van der Waals surface area contributed by atoms with Crippen molar-refractivity contribution in [2.75, 3.05) is 26.2 Å². The first-order chi connectivity index (χ1) is 13.2. The molecular formula is C20H26N2O5S. The number of amides is 1. The van der Waals surface area contributed by atoms with Gasteiger partial charge in [-0.1, -0.05) is 24.3 Å². The number of aliphatic carboxylic acids is 1. The average Bonchev–Trinajstić information content (AvgIpc) is 2.69. The third kappa shape index (κ3) is 3.98. The summed E-state index contributed by atoms with van der Waals surface area (Å²) in [5.41, 5.74) is 1.57. The van der Waals surface area contributed by atoms with E-state index in [9.17, 15) is 23.1 Å². The number of allylic oxidation sites excluding steroid dienone is 2. The second-order valence-corrected chi connectivity index (χ2v) is 9.40. The maximum absolute atomic E-state index is 13.0. The number of hydrogen-bond donors (Lipinski definition) is 1. The van der Waals surface area contributed by atoms with Gasteiger partial charge in [-0.15, -0.1) is 0 Å². The minimum Gasteiger partial charge on any atom is -0.481 e. The highest BCUT2D eigenvalue weighted by molar-refractivity contribution is 7.89. The van der Waals surface area contributed by atoms with Crippen LogP contribution >= 0.6 is 0 Å². The van der Waals surface area contributed by atoms with Crippen LogP contribution in [0, 0.1) is 25.7 Å². The van der Waals surface area contributed by atoms with E-state index < -0.39 is 27.8 Å². The Labute approximate surface area is 165 Å². The molecule has 1 aliphatic heterocycles. The number of carbonyl (C=O) groups excluding carboxylic acids is 1. The van der Waals surface area contributed by atoms with E-state index in [1.54, 1.807) is 30.0 Å². The standard InChI is InChI=1S/C20H26N2O5S/c1-14-7-8-15(2)18(13-14)28(26,27)22-11-9-21(10-12-22)19(23)16-5-3-4-6-17(16)20(24)25/h3-4,7-8,13,16-17H,5-6,9-12H2,1-2H3,(H,24,25)/t16-,17-/m1/s1. The lowest BCUT2D eigenvalue weighted by atomic mass is 9.82. The van der Waals surface area contributed by atoms with Crippen molar-refractivity contribution in [1.29, 1.82) is 0 Å². The molecule has 1 heterocycles. The zero-order chi connectivity index (χ0) is 20.5. The molecule has 2 aliphatic rings. The molecule has 1 fully saturated rings. The fraction of sp³-hybridized carbons (Fsp3) is 0.500. The Bertz CT molecular complexity index is 901. The molecule has 152 valence electrons. The van der Waals surface area contributed by atoms with Gasteiger partial charge in [-0.05, 0) is 43.9 Å². The van der Waals surface area contributed by atoms with Crippen LogP contribution in [0.5, 0.6) is 0 Å². The third-order valence-electron chi connectivity index (χ3n) is 5.58. The number of rotatable bonds is 4. The van der Waals surface area contributed by atoms with Gasteiger partial charge in [0.2, 0.25) is 15.9 Å². The summed E-state index contributed by atoms with van der Waals surface area (Å²) in [6, 6.07) is 5.35. The number of hydrogen-bond acceptors (Lipinski definition) is 4. The van der Waals surface area contributed by atoms with Gasteiger partial charge >= 0.3 is 5.97 Å². The van der Waals surface area contributed by atoms with Crippen molar-refractivity contribution in [3.8, 4) is 0 Å². The van der Waals surface area contributed by atoms with E-state index in [0.29, 0.717) is 23.3 Å². The molecular weight excluding hydrogens is 380 g/mol. The maximum Gasteiger partial charge on any atom is 0.307 e. The Morgan fingerprint density at radius 3 is 2.21 bits per heavy atom. The number of carbonyl (C=O) groups is 2. The first-order valence-corrected chi connectivity index (χ1v) is 10.9. The lowest BCUT2D eigenvalue weighted by Crippen LogP contribution is -2.53. The second kappa shape index (κ2) is 8.05. The van der Waals surface area contributed by atoms with E-state index >= 15 is 0 Å². The molecule has 2 atom stereocenters. The van der Waals surface area contributed by atoms with Crippen LogP contribution in [0.3, 0.4) is 0 Å². The van der Waals surface area contributed by atoms with Crippen molar-refractivity contribution in [3.05, 3.63) is 41.5 Å². The van der Waals surface area contributed by atoms with Crippen LogP contribution in [-0.2, 0) is 19.6 Å². The van der Waals surface area contributed by atoms with Crippen LogP contribution in [0.1, 0.15) is 24.0 Å². The summed E-state index contributed by atoms with van der Waals surface area (Å²) < 4.78 is 27.4. The smallest absolute Gasteiger partial charge is 0.307 e. The third-order valence-corrected chi connectivity index (χ3v) is 7.62. The van der Waals surface area contributed by atoms with Crippen LogP contribution in [0.25, 0.3) is 0 Å². The lowest BCUT2D eigenvalue weighted by molar-refractivity contribution is -0.151. The largest absolute Gasteiger partial charge is 0.481 e. The summed E-state index contributed by atoms with van der Waals surface area (Å²) in [6.07, 6.45) is 4.42. The zero-order valence-electron chi connectivity index (χ0n) is 16.2. The second-order valence-electron chi connectivity index (χ2n) is 7.49. The first-order valence-electron chi connectivity index (χ1n) is 9.46. The number of aryl methyl sites for hydroxylation is 2. The minimum atomic E-state index is -3.62. The van der Waals surface area contributed by atoms with Gasteiger partial charge in [0.15, 0.2) is 0 Å². The van der Waals surface area contributed by atoms with Crippen molar-refractivity contribution in [2.45, 2.75) is 31.6 Å². The molecule has 0 unspecified atom stereocenters. The molecule has 8 heteroatoms. The molecule has 0 bridgehead atoms. The molecule has 1 aliphatic carbocycles. The van der Waals surface area contributed by atoms with Gasteiger partial charge in [0.05, 0.1) is 16.7 Å². The van der Waals surface area contributed by atoms with E-state index in [2.05, 4.69) is 0 Å². The van der Waals surface area contributed by atoms with Crippen molar-refractivity contribution in [1.82, 2.24) is 9.21 Å². The van der Waals surface area contributed by atoms with Crippen molar-refractivity contribution in [2.24, 2.45) is 11.8 Å². The quantitative estimate of drug-likeness (QED) is 0.770.